The Morgan fingerprint density at radius 3 is 2.69 bits per heavy atom. The highest BCUT2D eigenvalue weighted by molar-refractivity contribution is 9.10. The lowest BCUT2D eigenvalue weighted by Gasteiger charge is -2.13. The fraction of sp³-hybridized carbons (Fsp3) is 0.400. The van der Waals surface area contributed by atoms with Crippen LogP contribution < -0.4 is 0 Å². The lowest BCUT2D eigenvalue weighted by Crippen LogP contribution is -2.03. The summed E-state index contributed by atoms with van der Waals surface area (Å²) >= 11 is 3.47. The summed E-state index contributed by atoms with van der Waals surface area (Å²) < 4.78 is 11.3. The van der Waals surface area contributed by atoms with E-state index in [1.165, 1.54) is 0 Å². The highest BCUT2D eigenvalue weighted by atomic mass is 79.9. The summed E-state index contributed by atoms with van der Waals surface area (Å²) in [6.07, 6.45) is 0.0514. The molecule has 0 aliphatic carbocycles. The van der Waals surface area contributed by atoms with Gasteiger partial charge in [-0.3, -0.25) is 0 Å². The van der Waals surface area contributed by atoms with Crippen molar-refractivity contribution >= 4 is 15.9 Å². The van der Waals surface area contributed by atoms with Crippen molar-refractivity contribution in [1.29, 1.82) is 0 Å². The van der Waals surface area contributed by atoms with Gasteiger partial charge in [0.25, 0.3) is 0 Å². The minimum absolute atomic E-state index is 0.0514. The van der Waals surface area contributed by atoms with Gasteiger partial charge in [-0.2, -0.15) is 0 Å². The van der Waals surface area contributed by atoms with Crippen LogP contribution in [0.5, 0.6) is 0 Å². The van der Waals surface area contributed by atoms with E-state index in [0.29, 0.717) is 6.79 Å². The van der Waals surface area contributed by atoms with Crippen LogP contribution in [0.2, 0.25) is 0 Å². The molecule has 72 valence electrons. The SMILES string of the molecule is COCO[C@H](C)c1ccccc1Br. The molecular weight excluding hydrogens is 232 g/mol. The predicted octanol–water partition coefficient (Wildman–Crippen LogP) is 3.13. The second-order valence-corrected chi connectivity index (χ2v) is 3.59. The van der Waals surface area contributed by atoms with Crippen LogP contribution in [-0.4, -0.2) is 13.9 Å². The molecule has 13 heavy (non-hydrogen) atoms. The summed E-state index contributed by atoms with van der Waals surface area (Å²) in [4.78, 5) is 0. The zero-order valence-electron chi connectivity index (χ0n) is 7.79. The Morgan fingerprint density at radius 1 is 1.38 bits per heavy atom. The van der Waals surface area contributed by atoms with Gasteiger partial charge in [0.1, 0.15) is 6.79 Å². The summed E-state index contributed by atoms with van der Waals surface area (Å²) in [6.45, 7) is 2.32. The van der Waals surface area contributed by atoms with Gasteiger partial charge in [-0.1, -0.05) is 34.1 Å². The van der Waals surface area contributed by atoms with Gasteiger partial charge < -0.3 is 9.47 Å². The van der Waals surface area contributed by atoms with Crippen molar-refractivity contribution in [3.05, 3.63) is 34.3 Å². The van der Waals surface area contributed by atoms with Gasteiger partial charge in [-0.25, -0.2) is 0 Å². The monoisotopic (exact) mass is 244 g/mol. The van der Waals surface area contributed by atoms with E-state index in [1.807, 2.05) is 31.2 Å². The molecule has 0 bridgehead atoms. The van der Waals surface area contributed by atoms with Crippen molar-refractivity contribution in [3.8, 4) is 0 Å². The van der Waals surface area contributed by atoms with Crippen LogP contribution in [0.1, 0.15) is 18.6 Å². The molecule has 0 amide bonds. The zero-order chi connectivity index (χ0) is 9.68. The van der Waals surface area contributed by atoms with Crippen molar-refractivity contribution in [2.24, 2.45) is 0 Å². The Hall–Kier alpha value is -0.380. The summed E-state index contributed by atoms with van der Waals surface area (Å²) in [6, 6.07) is 8.01. The maximum Gasteiger partial charge on any atom is 0.147 e. The molecule has 3 heteroatoms. The Balaban J connectivity index is 2.65. The van der Waals surface area contributed by atoms with E-state index in [2.05, 4.69) is 15.9 Å². The van der Waals surface area contributed by atoms with Crippen molar-refractivity contribution in [2.45, 2.75) is 13.0 Å². The van der Waals surface area contributed by atoms with Gasteiger partial charge in [0, 0.05) is 11.6 Å². The molecule has 0 saturated heterocycles. The van der Waals surface area contributed by atoms with Gasteiger partial charge >= 0.3 is 0 Å². The van der Waals surface area contributed by atoms with Crippen LogP contribution in [-0.2, 0) is 9.47 Å². The fourth-order valence-electron chi connectivity index (χ4n) is 1.06. The molecular formula is C10H13BrO2. The Morgan fingerprint density at radius 2 is 2.08 bits per heavy atom. The largest absolute Gasteiger partial charge is 0.359 e. The van der Waals surface area contributed by atoms with Crippen LogP contribution in [0, 0.1) is 0 Å². The van der Waals surface area contributed by atoms with Crippen molar-refractivity contribution < 1.29 is 9.47 Å². The van der Waals surface area contributed by atoms with Crippen LogP contribution in [0.15, 0.2) is 28.7 Å². The lowest BCUT2D eigenvalue weighted by molar-refractivity contribution is -0.0668. The first-order chi connectivity index (χ1) is 6.25. The van der Waals surface area contributed by atoms with Crippen LogP contribution in [0.25, 0.3) is 0 Å². The minimum atomic E-state index is 0.0514. The topological polar surface area (TPSA) is 18.5 Å². The summed E-state index contributed by atoms with van der Waals surface area (Å²) in [7, 11) is 1.62. The molecule has 1 aromatic rings. The minimum Gasteiger partial charge on any atom is -0.359 e. The molecule has 1 aromatic carbocycles. The normalized spacial score (nSPS) is 12.8. The van der Waals surface area contributed by atoms with Gasteiger partial charge in [0.2, 0.25) is 0 Å². The molecule has 0 N–H and O–H groups in total. The molecule has 2 nitrogen and oxygen atoms in total. The summed E-state index contributed by atoms with van der Waals surface area (Å²) in [5.74, 6) is 0. The first kappa shape index (κ1) is 10.7. The Labute approximate surface area is 87.0 Å². The predicted molar refractivity (Wildman–Crippen MR) is 55.5 cm³/mol. The zero-order valence-corrected chi connectivity index (χ0v) is 9.37. The number of benzene rings is 1. The quantitative estimate of drug-likeness (QED) is 0.758. The summed E-state index contributed by atoms with van der Waals surface area (Å²) in [5, 5.41) is 0. The molecule has 0 saturated carbocycles. The first-order valence-corrected chi connectivity index (χ1v) is 4.90. The van der Waals surface area contributed by atoms with E-state index >= 15 is 0 Å². The summed E-state index contributed by atoms with van der Waals surface area (Å²) in [5.41, 5.74) is 1.14. The second kappa shape index (κ2) is 5.37. The number of rotatable bonds is 4. The fourth-order valence-corrected chi connectivity index (χ4v) is 1.67. The molecule has 1 atom stereocenters. The van der Waals surface area contributed by atoms with Crippen LogP contribution in [0.4, 0.5) is 0 Å². The third kappa shape index (κ3) is 3.10. The average molecular weight is 245 g/mol. The Bertz CT molecular complexity index is 263. The molecule has 0 unspecified atom stereocenters. The maximum absolute atomic E-state index is 5.41. The second-order valence-electron chi connectivity index (χ2n) is 2.74. The highest BCUT2D eigenvalue weighted by Crippen LogP contribution is 2.24. The van der Waals surface area contributed by atoms with Crippen molar-refractivity contribution in [2.75, 3.05) is 13.9 Å². The van der Waals surface area contributed by atoms with Gasteiger partial charge in [0.05, 0.1) is 6.10 Å². The average Bonchev–Trinajstić information content (AvgIpc) is 2.15. The van der Waals surface area contributed by atoms with Crippen LogP contribution >= 0.6 is 15.9 Å². The maximum atomic E-state index is 5.41. The number of hydrogen-bond donors (Lipinski definition) is 0. The molecule has 0 heterocycles. The first-order valence-electron chi connectivity index (χ1n) is 4.10. The molecule has 0 aliphatic rings. The molecule has 0 fully saturated rings. The molecule has 0 aliphatic heterocycles. The smallest absolute Gasteiger partial charge is 0.147 e. The molecule has 0 radical (unpaired) electrons. The van der Waals surface area contributed by atoms with E-state index in [4.69, 9.17) is 9.47 Å². The standard InChI is InChI=1S/C10H13BrO2/c1-8(13-7-12-2)9-5-3-4-6-10(9)11/h3-6,8H,7H2,1-2H3/t8-/m1/s1. The number of halogens is 1. The Kier molecular flexibility index (Phi) is 4.42. The molecule has 0 spiro atoms. The number of ether oxygens (including phenoxy) is 2. The van der Waals surface area contributed by atoms with Gasteiger partial charge in [0.15, 0.2) is 0 Å². The van der Waals surface area contributed by atoms with Crippen molar-refractivity contribution in [3.63, 3.8) is 0 Å². The van der Waals surface area contributed by atoms with E-state index in [9.17, 15) is 0 Å². The molecule has 0 aromatic heterocycles. The van der Waals surface area contributed by atoms with Crippen LogP contribution in [0.3, 0.4) is 0 Å². The van der Waals surface area contributed by atoms with Crippen molar-refractivity contribution in [1.82, 2.24) is 0 Å². The van der Waals surface area contributed by atoms with E-state index in [1.54, 1.807) is 7.11 Å². The van der Waals surface area contributed by atoms with Gasteiger partial charge in [-0.15, -0.1) is 0 Å². The van der Waals surface area contributed by atoms with Gasteiger partial charge in [-0.05, 0) is 18.6 Å². The van der Waals surface area contributed by atoms with E-state index in [0.717, 1.165) is 10.0 Å². The number of methoxy groups -OCH3 is 1. The third-order valence-electron chi connectivity index (χ3n) is 1.78. The lowest BCUT2D eigenvalue weighted by atomic mass is 10.1. The number of hydrogen-bond acceptors (Lipinski definition) is 2. The third-order valence-corrected chi connectivity index (χ3v) is 2.50. The van der Waals surface area contributed by atoms with E-state index in [-0.39, 0.29) is 6.10 Å². The highest BCUT2D eigenvalue weighted by Gasteiger charge is 2.07. The molecule has 1 rings (SSSR count). The van der Waals surface area contributed by atoms with E-state index < -0.39 is 0 Å².